The third-order valence-electron chi connectivity index (χ3n) is 2.95. The minimum absolute atomic E-state index is 0.0188. The molecule has 18 heavy (non-hydrogen) atoms. The van der Waals surface area contributed by atoms with Gasteiger partial charge in [-0.05, 0) is 42.8 Å². The number of fused-ring (bicyclic) bond motifs is 1. The molecule has 1 aromatic heterocycles. The lowest BCUT2D eigenvalue weighted by molar-refractivity contribution is -0.110. The van der Waals surface area contributed by atoms with Gasteiger partial charge in [0.25, 0.3) is 0 Å². The van der Waals surface area contributed by atoms with Crippen molar-refractivity contribution in [3.8, 4) is 0 Å². The first kappa shape index (κ1) is 13.4. The largest absolute Gasteiger partial charge is 0.465 e. The molecular weight excluding hydrogens is 274 g/mol. The van der Waals surface area contributed by atoms with Crippen LogP contribution in [0.1, 0.15) is 33.6 Å². The number of ether oxygens (including phenoxy) is 1. The summed E-state index contributed by atoms with van der Waals surface area (Å²) >= 11 is 6.83. The molecule has 0 aromatic carbocycles. The molecule has 2 rings (SSSR count). The van der Waals surface area contributed by atoms with Crippen LogP contribution in [-0.4, -0.2) is 24.9 Å². The topological polar surface area (TPSA) is 55.4 Å². The van der Waals surface area contributed by atoms with Gasteiger partial charge >= 0.3 is 5.97 Å². The van der Waals surface area contributed by atoms with Crippen LogP contribution in [0.25, 0.3) is 0 Å². The lowest BCUT2D eigenvalue weighted by Gasteiger charge is -2.11. The Morgan fingerprint density at radius 1 is 1.39 bits per heavy atom. The van der Waals surface area contributed by atoms with Gasteiger partial charge in [0.1, 0.15) is 5.00 Å². The number of thiophene rings is 1. The number of esters is 1. The molecule has 1 aliphatic rings. The number of halogens is 1. The molecular formula is C12H14ClNO3S. The number of rotatable bonds is 4. The highest BCUT2D eigenvalue weighted by atomic mass is 35.5. The fourth-order valence-corrected chi connectivity index (χ4v) is 3.50. The van der Waals surface area contributed by atoms with E-state index in [0.29, 0.717) is 10.6 Å². The predicted octanol–water partition coefficient (Wildman–Crippen LogP) is 2.59. The molecule has 0 fully saturated rings. The molecule has 1 aromatic rings. The van der Waals surface area contributed by atoms with Crippen molar-refractivity contribution in [1.29, 1.82) is 0 Å². The lowest BCUT2D eigenvalue weighted by atomic mass is 9.95. The number of hydrogen-bond donors (Lipinski definition) is 1. The Morgan fingerprint density at radius 3 is 2.78 bits per heavy atom. The summed E-state index contributed by atoms with van der Waals surface area (Å²) in [4.78, 5) is 23.9. The Hall–Kier alpha value is -1.07. The standard InChI is InChI=1S/C12H14ClNO3S/c1-17-12(16)10-7-4-2-3-5-8(7)18-11(10)14-6-9(13)15/h14H,2-6H2,1H3. The fraction of sp³-hybridized carbons (Fsp3) is 0.500. The molecule has 1 heterocycles. The maximum atomic E-state index is 11.8. The number of nitrogens with one attached hydrogen (secondary N) is 1. The second-order valence-electron chi connectivity index (χ2n) is 4.12. The zero-order valence-electron chi connectivity index (χ0n) is 10.0. The maximum Gasteiger partial charge on any atom is 0.341 e. The second-order valence-corrected chi connectivity index (χ2v) is 5.64. The van der Waals surface area contributed by atoms with Crippen LogP contribution in [0, 0.1) is 0 Å². The molecule has 6 heteroatoms. The van der Waals surface area contributed by atoms with Crippen LogP contribution in [0.5, 0.6) is 0 Å². The van der Waals surface area contributed by atoms with Crippen molar-refractivity contribution in [2.75, 3.05) is 19.0 Å². The highest BCUT2D eigenvalue weighted by Crippen LogP contribution is 2.38. The van der Waals surface area contributed by atoms with Gasteiger partial charge in [-0.1, -0.05) is 0 Å². The van der Waals surface area contributed by atoms with E-state index in [1.165, 1.54) is 23.3 Å². The molecule has 0 saturated heterocycles. The van der Waals surface area contributed by atoms with E-state index in [1.807, 2.05) is 0 Å². The Bertz CT molecular complexity index is 484. The number of hydrogen-bond acceptors (Lipinski definition) is 5. The van der Waals surface area contributed by atoms with E-state index in [9.17, 15) is 9.59 Å². The Labute approximate surface area is 114 Å². The molecule has 0 bridgehead atoms. The second kappa shape index (κ2) is 5.71. The van der Waals surface area contributed by atoms with Crippen LogP contribution in [0.2, 0.25) is 0 Å². The number of methoxy groups -OCH3 is 1. The molecule has 0 aliphatic heterocycles. The number of carbonyl (C=O) groups excluding carboxylic acids is 2. The van der Waals surface area contributed by atoms with Crippen molar-refractivity contribution in [1.82, 2.24) is 0 Å². The normalized spacial score (nSPS) is 13.9. The van der Waals surface area contributed by atoms with E-state index < -0.39 is 5.24 Å². The van der Waals surface area contributed by atoms with Gasteiger partial charge in [-0.25, -0.2) is 4.79 Å². The Morgan fingerprint density at radius 2 is 2.11 bits per heavy atom. The summed E-state index contributed by atoms with van der Waals surface area (Å²) in [6.45, 7) is 0.0188. The van der Waals surface area contributed by atoms with E-state index in [1.54, 1.807) is 0 Å². The molecule has 0 unspecified atom stereocenters. The van der Waals surface area contributed by atoms with Gasteiger partial charge in [0.15, 0.2) is 0 Å². The average molecular weight is 288 g/mol. The van der Waals surface area contributed by atoms with Gasteiger partial charge in [0.2, 0.25) is 5.24 Å². The van der Waals surface area contributed by atoms with Crippen LogP contribution in [0.15, 0.2) is 0 Å². The van der Waals surface area contributed by atoms with E-state index in [4.69, 9.17) is 16.3 Å². The quantitative estimate of drug-likeness (QED) is 0.683. The van der Waals surface area contributed by atoms with Crippen molar-refractivity contribution in [3.63, 3.8) is 0 Å². The van der Waals surface area contributed by atoms with Gasteiger partial charge in [-0.2, -0.15) is 0 Å². The first-order valence-corrected chi connectivity index (χ1v) is 6.98. The average Bonchev–Trinajstić information content (AvgIpc) is 2.73. The fourth-order valence-electron chi connectivity index (χ4n) is 2.16. The summed E-state index contributed by atoms with van der Waals surface area (Å²) < 4.78 is 4.82. The third-order valence-corrected chi connectivity index (χ3v) is 4.33. The summed E-state index contributed by atoms with van der Waals surface area (Å²) in [5, 5.41) is 3.14. The monoisotopic (exact) mass is 287 g/mol. The van der Waals surface area contributed by atoms with Gasteiger partial charge in [0.05, 0.1) is 19.2 Å². The molecule has 0 radical (unpaired) electrons. The first-order valence-electron chi connectivity index (χ1n) is 5.78. The summed E-state index contributed by atoms with van der Waals surface area (Å²) in [5.74, 6) is -0.348. The first-order chi connectivity index (χ1) is 8.63. The molecule has 0 spiro atoms. The van der Waals surface area contributed by atoms with Gasteiger partial charge in [-0.15, -0.1) is 11.3 Å². The molecule has 0 saturated carbocycles. The number of aryl methyl sites for hydroxylation is 1. The van der Waals surface area contributed by atoms with Crippen molar-refractivity contribution >= 4 is 39.2 Å². The van der Waals surface area contributed by atoms with Crippen LogP contribution in [-0.2, 0) is 22.4 Å². The van der Waals surface area contributed by atoms with Crippen LogP contribution < -0.4 is 5.32 Å². The molecule has 0 amide bonds. The van der Waals surface area contributed by atoms with E-state index >= 15 is 0 Å². The van der Waals surface area contributed by atoms with Gasteiger partial charge in [-0.3, -0.25) is 4.79 Å². The smallest absolute Gasteiger partial charge is 0.341 e. The van der Waals surface area contributed by atoms with Crippen molar-refractivity contribution < 1.29 is 14.3 Å². The lowest BCUT2D eigenvalue weighted by Crippen LogP contribution is -2.12. The highest BCUT2D eigenvalue weighted by Gasteiger charge is 2.25. The third kappa shape index (κ3) is 2.67. The Balaban J connectivity index is 2.34. The molecule has 1 aliphatic carbocycles. The number of carbonyl (C=O) groups is 2. The van der Waals surface area contributed by atoms with Gasteiger partial charge < -0.3 is 10.1 Å². The maximum absolute atomic E-state index is 11.8. The van der Waals surface area contributed by atoms with E-state index in [2.05, 4.69) is 5.32 Å². The predicted molar refractivity (Wildman–Crippen MR) is 71.7 cm³/mol. The van der Waals surface area contributed by atoms with Gasteiger partial charge in [0, 0.05) is 4.88 Å². The van der Waals surface area contributed by atoms with Crippen molar-refractivity contribution in [2.45, 2.75) is 25.7 Å². The molecule has 4 nitrogen and oxygen atoms in total. The zero-order valence-corrected chi connectivity index (χ0v) is 11.6. The van der Waals surface area contributed by atoms with Crippen molar-refractivity contribution in [3.05, 3.63) is 16.0 Å². The summed E-state index contributed by atoms with van der Waals surface area (Å²) in [6.07, 6.45) is 4.11. The highest BCUT2D eigenvalue weighted by molar-refractivity contribution is 7.16. The summed E-state index contributed by atoms with van der Waals surface area (Å²) in [5.41, 5.74) is 1.65. The minimum Gasteiger partial charge on any atom is -0.465 e. The van der Waals surface area contributed by atoms with Crippen LogP contribution in [0.3, 0.4) is 0 Å². The minimum atomic E-state index is -0.475. The summed E-state index contributed by atoms with van der Waals surface area (Å²) in [7, 11) is 1.37. The zero-order chi connectivity index (χ0) is 13.1. The molecule has 1 N–H and O–H groups in total. The van der Waals surface area contributed by atoms with Crippen LogP contribution in [0.4, 0.5) is 5.00 Å². The van der Waals surface area contributed by atoms with Crippen molar-refractivity contribution in [2.24, 2.45) is 0 Å². The SMILES string of the molecule is COC(=O)c1c(NCC(=O)Cl)sc2c1CCCC2. The van der Waals surface area contributed by atoms with E-state index in [0.717, 1.165) is 31.2 Å². The summed E-state index contributed by atoms with van der Waals surface area (Å²) in [6, 6.07) is 0. The number of anilines is 1. The Kier molecular flexibility index (Phi) is 4.24. The van der Waals surface area contributed by atoms with E-state index in [-0.39, 0.29) is 12.5 Å². The molecule has 0 atom stereocenters. The van der Waals surface area contributed by atoms with Crippen LogP contribution >= 0.6 is 22.9 Å². The molecule has 98 valence electrons.